The van der Waals surface area contributed by atoms with E-state index in [-0.39, 0.29) is 23.8 Å². The molecule has 1 fully saturated rings. The van der Waals surface area contributed by atoms with Crippen LogP contribution in [0.5, 0.6) is 0 Å². The van der Waals surface area contributed by atoms with Gasteiger partial charge in [-0.15, -0.1) is 0 Å². The van der Waals surface area contributed by atoms with Crippen LogP contribution in [0.3, 0.4) is 0 Å². The maximum atomic E-state index is 11.8. The van der Waals surface area contributed by atoms with Crippen LogP contribution < -0.4 is 22.1 Å². The minimum atomic E-state index is -0.656. The molecule has 0 spiro atoms. The Morgan fingerprint density at radius 2 is 1.97 bits per heavy atom. The van der Waals surface area contributed by atoms with Crippen LogP contribution in [0.15, 0.2) is 47.1 Å². The third-order valence-corrected chi connectivity index (χ3v) is 4.99. The quantitative estimate of drug-likeness (QED) is 0.500. The van der Waals surface area contributed by atoms with Crippen molar-refractivity contribution in [2.75, 3.05) is 10.6 Å². The van der Waals surface area contributed by atoms with Crippen molar-refractivity contribution in [3.8, 4) is 11.4 Å². The van der Waals surface area contributed by atoms with Crippen LogP contribution >= 0.6 is 0 Å². The van der Waals surface area contributed by atoms with Gasteiger partial charge < -0.3 is 26.6 Å². The molecular weight excluding hydrogens is 370 g/mol. The molecule has 150 valence electrons. The average molecular weight is 393 g/mol. The normalized spacial score (nSPS) is 18.9. The highest BCUT2D eigenvalue weighted by atomic mass is 16.5. The molecule has 2 atom stereocenters. The van der Waals surface area contributed by atoms with Crippen molar-refractivity contribution >= 4 is 23.3 Å². The Labute approximate surface area is 167 Å². The van der Waals surface area contributed by atoms with Gasteiger partial charge in [-0.05, 0) is 18.9 Å². The number of benzene rings is 1. The molecule has 0 unspecified atom stereocenters. The maximum Gasteiger partial charge on any atom is 0.326 e. The molecule has 1 saturated carbocycles. The van der Waals surface area contributed by atoms with Gasteiger partial charge in [-0.3, -0.25) is 4.79 Å². The SMILES string of the molecule is NC(=O)c1ncc(N[C@@H]2CCCC[C@@H]2N)cc1Nc1nc(-c2ccccc2)no1. The van der Waals surface area contributed by atoms with Gasteiger partial charge in [-0.1, -0.05) is 48.3 Å². The summed E-state index contributed by atoms with van der Waals surface area (Å²) in [7, 11) is 0. The molecule has 29 heavy (non-hydrogen) atoms. The van der Waals surface area contributed by atoms with Crippen LogP contribution in [-0.4, -0.2) is 33.1 Å². The first kappa shape index (κ1) is 18.9. The summed E-state index contributed by atoms with van der Waals surface area (Å²) in [4.78, 5) is 20.3. The Kier molecular flexibility index (Phi) is 5.39. The van der Waals surface area contributed by atoms with Gasteiger partial charge in [0.25, 0.3) is 5.91 Å². The number of aromatic nitrogens is 3. The number of amides is 1. The lowest BCUT2D eigenvalue weighted by Gasteiger charge is -2.30. The van der Waals surface area contributed by atoms with E-state index >= 15 is 0 Å². The molecule has 1 aromatic carbocycles. The summed E-state index contributed by atoms with van der Waals surface area (Å²) in [6.45, 7) is 0. The van der Waals surface area contributed by atoms with Gasteiger partial charge in [0.05, 0.1) is 17.6 Å². The number of nitrogens with zero attached hydrogens (tertiary/aromatic N) is 3. The number of anilines is 3. The fourth-order valence-electron chi connectivity index (χ4n) is 3.48. The Morgan fingerprint density at radius 1 is 1.17 bits per heavy atom. The average Bonchev–Trinajstić information content (AvgIpc) is 3.19. The van der Waals surface area contributed by atoms with Crippen molar-refractivity contribution in [3.63, 3.8) is 0 Å². The smallest absolute Gasteiger partial charge is 0.326 e. The van der Waals surface area contributed by atoms with Crippen molar-refractivity contribution in [2.45, 2.75) is 37.8 Å². The molecule has 9 nitrogen and oxygen atoms in total. The number of hydrogen-bond acceptors (Lipinski definition) is 8. The van der Waals surface area contributed by atoms with E-state index in [1.807, 2.05) is 30.3 Å². The fourth-order valence-corrected chi connectivity index (χ4v) is 3.48. The number of nitrogens with two attached hydrogens (primary N) is 2. The standard InChI is InChI=1S/C20H23N7O2/c21-14-8-4-5-9-15(14)24-13-10-16(17(18(22)28)23-11-13)25-20-26-19(27-29-20)12-6-2-1-3-7-12/h1-3,6-7,10-11,14-15,24H,4-5,8-9,21H2,(H2,22,28)(H,25,26,27)/t14-,15+/m0/s1. The Morgan fingerprint density at radius 3 is 2.72 bits per heavy atom. The number of carbonyl (C=O) groups excluding carboxylic acids is 1. The molecule has 3 aromatic rings. The molecule has 0 saturated heterocycles. The van der Waals surface area contributed by atoms with E-state index in [1.54, 1.807) is 12.3 Å². The molecule has 1 aliphatic carbocycles. The summed E-state index contributed by atoms with van der Waals surface area (Å²) in [5, 5.41) is 10.3. The van der Waals surface area contributed by atoms with Crippen LogP contribution in [0, 0.1) is 0 Å². The zero-order valence-electron chi connectivity index (χ0n) is 15.8. The molecule has 2 heterocycles. The fraction of sp³-hybridized carbons (Fsp3) is 0.300. The first-order valence-corrected chi connectivity index (χ1v) is 9.58. The molecule has 6 N–H and O–H groups in total. The summed E-state index contributed by atoms with van der Waals surface area (Å²) in [5.41, 5.74) is 13.7. The predicted molar refractivity (Wildman–Crippen MR) is 110 cm³/mol. The first-order chi connectivity index (χ1) is 14.1. The zero-order valence-corrected chi connectivity index (χ0v) is 15.8. The summed E-state index contributed by atoms with van der Waals surface area (Å²) in [6, 6.07) is 11.6. The van der Waals surface area contributed by atoms with E-state index in [0.717, 1.165) is 36.9 Å². The second-order valence-corrected chi connectivity index (χ2v) is 7.10. The zero-order chi connectivity index (χ0) is 20.2. The second-order valence-electron chi connectivity index (χ2n) is 7.10. The van der Waals surface area contributed by atoms with Crippen molar-refractivity contribution in [1.29, 1.82) is 0 Å². The molecule has 0 radical (unpaired) electrons. The van der Waals surface area contributed by atoms with Crippen molar-refractivity contribution < 1.29 is 9.32 Å². The summed E-state index contributed by atoms with van der Waals surface area (Å²) in [6.07, 6.45) is 5.83. The summed E-state index contributed by atoms with van der Waals surface area (Å²) < 4.78 is 5.27. The van der Waals surface area contributed by atoms with Gasteiger partial charge in [0.15, 0.2) is 5.69 Å². The number of carbonyl (C=O) groups is 1. The van der Waals surface area contributed by atoms with E-state index in [4.69, 9.17) is 16.0 Å². The van der Waals surface area contributed by atoms with E-state index in [0.29, 0.717) is 11.5 Å². The second kappa shape index (κ2) is 8.27. The minimum absolute atomic E-state index is 0.0837. The number of rotatable bonds is 6. The lowest BCUT2D eigenvalue weighted by Crippen LogP contribution is -2.42. The highest BCUT2D eigenvalue weighted by Gasteiger charge is 2.22. The Balaban J connectivity index is 1.57. The molecule has 9 heteroatoms. The van der Waals surface area contributed by atoms with Crippen molar-refractivity contribution in [2.24, 2.45) is 11.5 Å². The van der Waals surface area contributed by atoms with E-state index < -0.39 is 5.91 Å². The highest BCUT2D eigenvalue weighted by Crippen LogP contribution is 2.26. The lowest BCUT2D eigenvalue weighted by atomic mass is 9.91. The number of pyridine rings is 1. The van der Waals surface area contributed by atoms with Crippen LogP contribution in [-0.2, 0) is 0 Å². The molecular formula is C20H23N7O2. The predicted octanol–water partition coefficient (Wildman–Crippen LogP) is 2.66. The third-order valence-electron chi connectivity index (χ3n) is 4.99. The minimum Gasteiger partial charge on any atom is -0.379 e. The van der Waals surface area contributed by atoms with Gasteiger partial charge in [-0.2, -0.15) is 4.98 Å². The van der Waals surface area contributed by atoms with E-state index in [2.05, 4.69) is 25.8 Å². The van der Waals surface area contributed by atoms with Crippen LogP contribution in [0.25, 0.3) is 11.4 Å². The number of nitrogens with one attached hydrogen (secondary N) is 2. The van der Waals surface area contributed by atoms with Gasteiger partial charge >= 0.3 is 6.01 Å². The molecule has 4 rings (SSSR count). The molecule has 2 aromatic heterocycles. The topological polar surface area (TPSA) is 145 Å². The van der Waals surface area contributed by atoms with Crippen LogP contribution in [0.1, 0.15) is 36.2 Å². The Bertz CT molecular complexity index is 990. The monoisotopic (exact) mass is 393 g/mol. The lowest BCUT2D eigenvalue weighted by molar-refractivity contribution is 0.0996. The Hall–Kier alpha value is -3.46. The first-order valence-electron chi connectivity index (χ1n) is 9.58. The van der Waals surface area contributed by atoms with Crippen molar-refractivity contribution in [3.05, 3.63) is 48.3 Å². The molecule has 1 aliphatic rings. The highest BCUT2D eigenvalue weighted by molar-refractivity contribution is 5.97. The largest absolute Gasteiger partial charge is 0.379 e. The number of primary amides is 1. The van der Waals surface area contributed by atoms with Gasteiger partial charge in [0.1, 0.15) is 0 Å². The van der Waals surface area contributed by atoms with E-state index in [9.17, 15) is 4.79 Å². The third kappa shape index (κ3) is 4.35. The van der Waals surface area contributed by atoms with Crippen LogP contribution in [0.2, 0.25) is 0 Å². The van der Waals surface area contributed by atoms with Crippen molar-refractivity contribution in [1.82, 2.24) is 15.1 Å². The van der Waals surface area contributed by atoms with Gasteiger partial charge in [0.2, 0.25) is 5.82 Å². The summed E-state index contributed by atoms with van der Waals surface area (Å²) >= 11 is 0. The molecule has 1 amide bonds. The number of hydrogen-bond donors (Lipinski definition) is 4. The maximum absolute atomic E-state index is 11.8. The van der Waals surface area contributed by atoms with Gasteiger partial charge in [-0.25, -0.2) is 4.98 Å². The van der Waals surface area contributed by atoms with Gasteiger partial charge in [0, 0.05) is 17.6 Å². The van der Waals surface area contributed by atoms with Crippen LogP contribution in [0.4, 0.5) is 17.4 Å². The van der Waals surface area contributed by atoms with E-state index in [1.165, 1.54) is 0 Å². The summed E-state index contributed by atoms with van der Waals surface area (Å²) in [5.74, 6) is -0.222. The molecule has 0 aliphatic heterocycles. The molecule has 0 bridgehead atoms.